The fourth-order valence-electron chi connectivity index (χ4n) is 1.79. The maximum atomic E-state index is 11.7. The lowest BCUT2D eigenvalue weighted by atomic mass is 10.1. The standard InChI is InChI=1S/C15H18N2O2/c1-12-2-4-13(5-3-12)6-7-15(18)16-9-8-14-10-19-11-17-14/h2-5,10-11H,6-9H2,1H3,(H,16,18). The number of rotatable bonds is 6. The Balaban J connectivity index is 1.65. The van der Waals surface area contributed by atoms with Crippen molar-refractivity contribution in [1.82, 2.24) is 10.3 Å². The first-order chi connectivity index (χ1) is 9.24. The van der Waals surface area contributed by atoms with Crippen molar-refractivity contribution in [3.8, 4) is 0 Å². The third-order valence-electron chi connectivity index (χ3n) is 2.95. The molecule has 100 valence electrons. The molecule has 2 aromatic rings. The van der Waals surface area contributed by atoms with Crippen LogP contribution >= 0.6 is 0 Å². The topological polar surface area (TPSA) is 55.1 Å². The van der Waals surface area contributed by atoms with Gasteiger partial charge in [0.25, 0.3) is 0 Å². The molecule has 4 heteroatoms. The van der Waals surface area contributed by atoms with Gasteiger partial charge in [-0.3, -0.25) is 4.79 Å². The summed E-state index contributed by atoms with van der Waals surface area (Å²) in [4.78, 5) is 15.7. The Morgan fingerprint density at radius 1 is 1.26 bits per heavy atom. The predicted octanol–water partition coefficient (Wildman–Crippen LogP) is 2.27. The highest BCUT2D eigenvalue weighted by Crippen LogP contribution is 2.05. The van der Waals surface area contributed by atoms with Gasteiger partial charge in [-0.25, -0.2) is 4.98 Å². The van der Waals surface area contributed by atoms with Gasteiger partial charge in [-0.15, -0.1) is 0 Å². The van der Waals surface area contributed by atoms with Gasteiger partial charge in [0.05, 0.1) is 5.69 Å². The molecular weight excluding hydrogens is 240 g/mol. The van der Waals surface area contributed by atoms with Crippen molar-refractivity contribution in [2.75, 3.05) is 6.54 Å². The molecule has 0 saturated carbocycles. The third-order valence-corrected chi connectivity index (χ3v) is 2.95. The van der Waals surface area contributed by atoms with E-state index in [0.717, 1.165) is 12.1 Å². The Morgan fingerprint density at radius 2 is 2.05 bits per heavy atom. The summed E-state index contributed by atoms with van der Waals surface area (Å²) < 4.78 is 4.86. The molecular formula is C15H18N2O2. The molecule has 4 nitrogen and oxygen atoms in total. The number of nitrogens with one attached hydrogen (secondary N) is 1. The summed E-state index contributed by atoms with van der Waals surface area (Å²) in [5.41, 5.74) is 3.29. The summed E-state index contributed by atoms with van der Waals surface area (Å²) in [6.45, 7) is 2.65. The molecule has 19 heavy (non-hydrogen) atoms. The van der Waals surface area contributed by atoms with Crippen molar-refractivity contribution in [3.05, 3.63) is 53.7 Å². The quantitative estimate of drug-likeness (QED) is 0.864. The van der Waals surface area contributed by atoms with Crippen LogP contribution in [0, 0.1) is 6.92 Å². The molecule has 0 aliphatic rings. The van der Waals surface area contributed by atoms with Crippen LogP contribution in [0.4, 0.5) is 0 Å². The summed E-state index contributed by atoms with van der Waals surface area (Å²) in [5, 5.41) is 2.88. The van der Waals surface area contributed by atoms with Crippen LogP contribution in [-0.2, 0) is 17.6 Å². The second-order valence-electron chi connectivity index (χ2n) is 4.57. The van der Waals surface area contributed by atoms with Crippen LogP contribution in [0.25, 0.3) is 0 Å². The van der Waals surface area contributed by atoms with E-state index in [2.05, 4.69) is 41.5 Å². The average Bonchev–Trinajstić information content (AvgIpc) is 2.91. The Kier molecular flexibility index (Phi) is 4.72. The second-order valence-corrected chi connectivity index (χ2v) is 4.57. The number of benzene rings is 1. The summed E-state index contributed by atoms with van der Waals surface area (Å²) in [5.74, 6) is 0.0732. The molecule has 1 aromatic carbocycles. The number of carbonyl (C=O) groups is 1. The summed E-state index contributed by atoms with van der Waals surface area (Å²) >= 11 is 0. The third kappa shape index (κ3) is 4.58. The number of aromatic nitrogens is 1. The molecule has 0 aliphatic heterocycles. The molecule has 1 heterocycles. The summed E-state index contributed by atoms with van der Waals surface area (Å²) in [6, 6.07) is 8.27. The molecule has 2 rings (SSSR count). The van der Waals surface area contributed by atoms with Crippen LogP contribution in [0.5, 0.6) is 0 Å². The summed E-state index contributed by atoms with van der Waals surface area (Å²) in [6.07, 6.45) is 4.98. The van der Waals surface area contributed by atoms with Crippen LogP contribution in [0.3, 0.4) is 0 Å². The Labute approximate surface area is 112 Å². The van der Waals surface area contributed by atoms with E-state index < -0.39 is 0 Å². The molecule has 1 amide bonds. The normalized spacial score (nSPS) is 10.4. The van der Waals surface area contributed by atoms with Crippen molar-refractivity contribution in [3.63, 3.8) is 0 Å². The van der Waals surface area contributed by atoms with Gasteiger partial charge in [0.2, 0.25) is 5.91 Å². The lowest BCUT2D eigenvalue weighted by Crippen LogP contribution is -2.25. The van der Waals surface area contributed by atoms with E-state index in [-0.39, 0.29) is 5.91 Å². The maximum Gasteiger partial charge on any atom is 0.220 e. The van der Waals surface area contributed by atoms with Gasteiger partial charge >= 0.3 is 0 Å². The molecule has 0 aliphatic carbocycles. The van der Waals surface area contributed by atoms with E-state index in [1.807, 2.05) is 0 Å². The molecule has 0 saturated heterocycles. The minimum atomic E-state index is 0.0732. The smallest absolute Gasteiger partial charge is 0.220 e. The Bertz CT molecular complexity index is 503. The number of carbonyl (C=O) groups excluding carboxylic acids is 1. The van der Waals surface area contributed by atoms with Crippen LogP contribution < -0.4 is 5.32 Å². The average molecular weight is 258 g/mol. The molecule has 0 radical (unpaired) electrons. The van der Waals surface area contributed by atoms with Gasteiger partial charge < -0.3 is 9.73 Å². The maximum absolute atomic E-state index is 11.7. The Hall–Kier alpha value is -2.10. The van der Waals surface area contributed by atoms with Crippen LogP contribution in [0.15, 0.2) is 41.3 Å². The van der Waals surface area contributed by atoms with Gasteiger partial charge in [0.1, 0.15) is 6.26 Å². The SMILES string of the molecule is Cc1ccc(CCC(=O)NCCc2cocn2)cc1. The number of amides is 1. The van der Waals surface area contributed by atoms with Crippen molar-refractivity contribution in [2.45, 2.75) is 26.2 Å². The minimum Gasteiger partial charge on any atom is -0.451 e. The fourth-order valence-corrected chi connectivity index (χ4v) is 1.79. The van der Waals surface area contributed by atoms with E-state index in [1.165, 1.54) is 17.5 Å². The molecule has 0 bridgehead atoms. The first-order valence-electron chi connectivity index (χ1n) is 6.43. The van der Waals surface area contributed by atoms with Crippen molar-refractivity contribution in [1.29, 1.82) is 0 Å². The highest BCUT2D eigenvalue weighted by Gasteiger charge is 2.03. The lowest BCUT2D eigenvalue weighted by molar-refractivity contribution is -0.121. The monoisotopic (exact) mass is 258 g/mol. The van der Waals surface area contributed by atoms with E-state index in [0.29, 0.717) is 19.4 Å². The molecule has 1 aromatic heterocycles. The second kappa shape index (κ2) is 6.73. The Morgan fingerprint density at radius 3 is 2.74 bits per heavy atom. The minimum absolute atomic E-state index is 0.0732. The van der Waals surface area contributed by atoms with E-state index in [9.17, 15) is 4.79 Å². The largest absolute Gasteiger partial charge is 0.451 e. The predicted molar refractivity (Wildman–Crippen MR) is 72.7 cm³/mol. The summed E-state index contributed by atoms with van der Waals surface area (Å²) in [7, 11) is 0. The van der Waals surface area contributed by atoms with E-state index >= 15 is 0 Å². The van der Waals surface area contributed by atoms with E-state index in [4.69, 9.17) is 4.42 Å². The van der Waals surface area contributed by atoms with Crippen molar-refractivity contribution >= 4 is 5.91 Å². The van der Waals surface area contributed by atoms with Gasteiger partial charge in [0, 0.05) is 19.4 Å². The molecule has 0 atom stereocenters. The molecule has 0 unspecified atom stereocenters. The molecule has 0 fully saturated rings. The van der Waals surface area contributed by atoms with Crippen LogP contribution in [0.2, 0.25) is 0 Å². The van der Waals surface area contributed by atoms with Crippen molar-refractivity contribution in [2.24, 2.45) is 0 Å². The number of hydrogen-bond donors (Lipinski definition) is 1. The number of hydrogen-bond acceptors (Lipinski definition) is 3. The van der Waals surface area contributed by atoms with Crippen molar-refractivity contribution < 1.29 is 9.21 Å². The number of oxazole rings is 1. The first-order valence-corrected chi connectivity index (χ1v) is 6.43. The zero-order valence-corrected chi connectivity index (χ0v) is 11.1. The van der Waals surface area contributed by atoms with Crippen LogP contribution in [0.1, 0.15) is 23.2 Å². The fraction of sp³-hybridized carbons (Fsp3) is 0.333. The van der Waals surface area contributed by atoms with Gasteiger partial charge in [0.15, 0.2) is 6.39 Å². The zero-order valence-electron chi connectivity index (χ0n) is 11.1. The zero-order chi connectivity index (χ0) is 13.5. The molecule has 1 N–H and O–H groups in total. The van der Waals surface area contributed by atoms with Gasteiger partial charge in [-0.05, 0) is 18.9 Å². The highest BCUT2D eigenvalue weighted by atomic mass is 16.3. The van der Waals surface area contributed by atoms with E-state index in [1.54, 1.807) is 6.26 Å². The molecule has 0 spiro atoms. The highest BCUT2D eigenvalue weighted by molar-refractivity contribution is 5.76. The van der Waals surface area contributed by atoms with Crippen LogP contribution in [-0.4, -0.2) is 17.4 Å². The van der Waals surface area contributed by atoms with Gasteiger partial charge in [-0.2, -0.15) is 0 Å². The number of aryl methyl sites for hydroxylation is 2. The van der Waals surface area contributed by atoms with Gasteiger partial charge in [-0.1, -0.05) is 29.8 Å². The first kappa shape index (κ1) is 13.3. The lowest BCUT2D eigenvalue weighted by Gasteiger charge is -2.04. The number of nitrogens with zero attached hydrogens (tertiary/aromatic N) is 1.